The zero-order valence-electron chi connectivity index (χ0n) is 13.9. The molecule has 126 valence electrons. The molecule has 5 heteroatoms. The van der Waals surface area contributed by atoms with Gasteiger partial charge in [-0.15, -0.1) is 6.58 Å². The molecule has 0 aliphatic rings. The molecule has 0 aromatic carbocycles. The number of anilines is 2. The lowest BCUT2D eigenvalue weighted by Gasteiger charge is -2.06. The summed E-state index contributed by atoms with van der Waals surface area (Å²) in [6, 6.07) is 3.40. The third-order valence-electron chi connectivity index (χ3n) is 3.41. The number of unbranched alkanes of at least 4 members (excludes halogenated alkanes) is 6. The van der Waals surface area contributed by atoms with Gasteiger partial charge < -0.3 is 10.6 Å². The average molecular weight is 317 g/mol. The van der Waals surface area contributed by atoms with Gasteiger partial charge in [-0.05, 0) is 31.4 Å². The second-order valence-electron chi connectivity index (χ2n) is 5.61. The molecule has 1 aromatic rings. The molecular weight excluding hydrogens is 290 g/mol. The van der Waals surface area contributed by atoms with Crippen LogP contribution < -0.4 is 10.6 Å². The van der Waals surface area contributed by atoms with Gasteiger partial charge in [0.05, 0.1) is 11.9 Å². The summed E-state index contributed by atoms with van der Waals surface area (Å²) in [7, 11) is 0. The fourth-order valence-electron chi connectivity index (χ4n) is 2.23. The van der Waals surface area contributed by atoms with Crippen molar-refractivity contribution in [3.8, 4) is 0 Å². The van der Waals surface area contributed by atoms with E-state index in [9.17, 15) is 9.59 Å². The Morgan fingerprint density at radius 3 is 2.39 bits per heavy atom. The zero-order valence-corrected chi connectivity index (χ0v) is 13.9. The predicted octanol–water partition coefficient (Wildman–Crippen LogP) is 4.29. The van der Waals surface area contributed by atoms with Crippen LogP contribution in [0.15, 0.2) is 31.0 Å². The van der Waals surface area contributed by atoms with Gasteiger partial charge >= 0.3 is 0 Å². The van der Waals surface area contributed by atoms with Crippen molar-refractivity contribution in [1.29, 1.82) is 0 Å². The lowest BCUT2D eigenvalue weighted by molar-refractivity contribution is -0.116. The summed E-state index contributed by atoms with van der Waals surface area (Å²) in [5.74, 6) is 0.345. The Morgan fingerprint density at radius 2 is 1.78 bits per heavy atom. The number of rotatable bonds is 11. The molecule has 23 heavy (non-hydrogen) atoms. The molecule has 5 nitrogen and oxygen atoms in total. The molecule has 0 atom stereocenters. The molecule has 0 saturated heterocycles. The highest BCUT2D eigenvalue weighted by atomic mass is 16.2. The molecule has 1 rings (SSSR count). The topological polar surface area (TPSA) is 71.1 Å². The molecule has 0 aliphatic heterocycles. The van der Waals surface area contributed by atoms with Gasteiger partial charge in [-0.2, -0.15) is 0 Å². The lowest BCUT2D eigenvalue weighted by Crippen LogP contribution is -2.12. The summed E-state index contributed by atoms with van der Waals surface area (Å²) in [5.41, 5.74) is 0.618. The first kappa shape index (κ1) is 18.9. The van der Waals surface area contributed by atoms with Crippen molar-refractivity contribution >= 4 is 23.3 Å². The van der Waals surface area contributed by atoms with Crippen LogP contribution in [-0.2, 0) is 9.59 Å². The smallest absolute Gasteiger partial charge is 0.225 e. The van der Waals surface area contributed by atoms with Crippen LogP contribution in [0.3, 0.4) is 0 Å². The largest absolute Gasteiger partial charge is 0.325 e. The fourth-order valence-corrected chi connectivity index (χ4v) is 2.23. The first-order chi connectivity index (χ1) is 11.1. The first-order valence-electron chi connectivity index (χ1n) is 8.26. The van der Waals surface area contributed by atoms with E-state index in [0.29, 0.717) is 17.9 Å². The number of carbonyl (C=O) groups excluding carboxylic acids is 2. The minimum atomic E-state index is -0.145. The normalized spacial score (nSPS) is 10.1. The second-order valence-corrected chi connectivity index (χ2v) is 5.61. The molecule has 0 spiro atoms. The number of hydrogen-bond donors (Lipinski definition) is 2. The Morgan fingerprint density at radius 1 is 1.09 bits per heavy atom. The molecule has 0 radical (unpaired) electrons. The van der Waals surface area contributed by atoms with Gasteiger partial charge in [-0.25, -0.2) is 4.98 Å². The maximum absolute atomic E-state index is 11.8. The van der Waals surface area contributed by atoms with Crippen LogP contribution >= 0.6 is 0 Å². The first-order valence-corrected chi connectivity index (χ1v) is 8.26. The Kier molecular flexibility index (Phi) is 9.36. The Hall–Kier alpha value is -2.17. The average Bonchev–Trinajstić information content (AvgIpc) is 2.51. The maximum Gasteiger partial charge on any atom is 0.225 e. The second kappa shape index (κ2) is 11.4. The quantitative estimate of drug-likeness (QED) is 0.472. The number of aromatic nitrogens is 1. The molecule has 1 aromatic heterocycles. The van der Waals surface area contributed by atoms with Crippen molar-refractivity contribution in [2.75, 3.05) is 10.6 Å². The van der Waals surface area contributed by atoms with Crippen molar-refractivity contribution in [2.45, 2.75) is 58.3 Å². The van der Waals surface area contributed by atoms with Crippen molar-refractivity contribution in [1.82, 2.24) is 4.98 Å². The number of hydrogen-bond acceptors (Lipinski definition) is 3. The Labute approximate surface area is 138 Å². The van der Waals surface area contributed by atoms with Crippen LogP contribution in [0.5, 0.6) is 0 Å². The Bertz CT molecular complexity index is 497. The fraction of sp³-hybridized carbons (Fsp3) is 0.500. The standard InChI is InChI=1S/C18H27N3O2/c1-3-4-5-6-7-8-9-10-11-18(23)21-17-13-12-16(14-19-17)20-15(2)22/h3,12-14H,1,4-11H2,2H3,(H,20,22)(H,19,21,23). The van der Waals surface area contributed by atoms with E-state index in [1.807, 2.05) is 6.08 Å². The summed E-state index contributed by atoms with van der Waals surface area (Å²) in [6.07, 6.45) is 11.9. The minimum Gasteiger partial charge on any atom is -0.325 e. The van der Waals surface area contributed by atoms with Crippen LogP contribution in [0.1, 0.15) is 58.3 Å². The van der Waals surface area contributed by atoms with Gasteiger partial charge in [0.25, 0.3) is 0 Å². The summed E-state index contributed by atoms with van der Waals surface area (Å²) in [4.78, 5) is 26.8. The van der Waals surface area contributed by atoms with Crippen LogP contribution in [0.25, 0.3) is 0 Å². The van der Waals surface area contributed by atoms with E-state index in [2.05, 4.69) is 22.2 Å². The van der Waals surface area contributed by atoms with E-state index in [0.717, 1.165) is 19.3 Å². The van der Waals surface area contributed by atoms with Crippen LogP contribution in [-0.4, -0.2) is 16.8 Å². The number of allylic oxidation sites excluding steroid dienone is 1. The third-order valence-corrected chi connectivity index (χ3v) is 3.41. The van der Waals surface area contributed by atoms with Gasteiger partial charge in [0.1, 0.15) is 5.82 Å². The van der Waals surface area contributed by atoms with Crippen molar-refractivity contribution in [3.05, 3.63) is 31.0 Å². The SMILES string of the molecule is C=CCCCCCCCCC(=O)Nc1ccc(NC(C)=O)cn1. The molecule has 1 heterocycles. The number of carbonyl (C=O) groups is 2. The Balaban J connectivity index is 2.14. The molecule has 0 unspecified atom stereocenters. The summed E-state index contributed by atoms with van der Waals surface area (Å²) in [6.45, 7) is 5.15. The van der Waals surface area contributed by atoms with Crippen molar-refractivity contribution in [2.24, 2.45) is 0 Å². The highest BCUT2D eigenvalue weighted by Crippen LogP contribution is 2.12. The van der Waals surface area contributed by atoms with E-state index < -0.39 is 0 Å². The van der Waals surface area contributed by atoms with Gasteiger partial charge in [0.15, 0.2) is 0 Å². The highest BCUT2D eigenvalue weighted by molar-refractivity contribution is 5.90. The molecule has 0 aliphatic carbocycles. The number of nitrogens with zero attached hydrogens (tertiary/aromatic N) is 1. The lowest BCUT2D eigenvalue weighted by atomic mass is 10.1. The van der Waals surface area contributed by atoms with Crippen molar-refractivity contribution < 1.29 is 9.59 Å². The van der Waals surface area contributed by atoms with E-state index in [1.165, 1.54) is 38.8 Å². The summed E-state index contributed by atoms with van der Waals surface area (Å²) < 4.78 is 0. The highest BCUT2D eigenvalue weighted by Gasteiger charge is 2.04. The summed E-state index contributed by atoms with van der Waals surface area (Å²) >= 11 is 0. The molecular formula is C18H27N3O2. The summed E-state index contributed by atoms with van der Waals surface area (Å²) in [5, 5.41) is 5.40. The maximum atomic E-state index is 11.8. The van der Waals surface area contributed by atoms with Gasteiger partial charge in [0, 0.05) is 13.3 Å². The number of nitrogens with one attached hydrogen (secondary N) is 2. The minimum absolute atomic E-state index is 0.0172. The van der Waals surface area contributed by atoms with Crippen LogP contribution in [0.2, 0.25) is 0 Å². The van der Waals surface area contributed by atoms with Gasteiger partial charge in [0.2, 0.25) is 11.8 Å². The number of amides is 2. The van der Waals surface area contributed by atoms with E-state index in [4.69, 9.17) is 0 Å². The molecule has 2 N–H and O–H groups in total. The van der Waals surface area contributed by atoms with E-state index in [1.54, 1.807) is 12.1 Å². The molecule has 0 bridgehead atoms. The van der Waals surface area contributed by atoms with Gasteiger partial charge in [-0.3, -0.25) is 9.59 Å². The zero-order chi connectivity index (χ0) is 16.9. The monoisotopic (exact) mass is 317 g/mol. The molecule has 0 saturated carbocycles. The van der Waals surface area contributed by atoms with Crippen LogP contribution in [0, 0.1) is 0 Å². The van der Waals surface area contributed by atoms with Crippen LogP contribution in [0.4, 0.5) is 11.5 Å². The number of pyridine rings is 1. The third kappa shape index (κ3) is 9.45. The van der Waals surface area contributed by atoms with Crippen molar-refractivity contribution in [3.63, 3.8) is 0 Å². The van der Waals surface area contributed by atoms with Gasteiger partial charge in [-0.1, -0.05) is 31.8 Å². The molecule has 0 fully saturated rings. The predicted molar refractivity (Wildman–Crippen MR) is 94.3 cm³/mol. The molecule has 2 amide bonds. The van der Waals surface area contributed by atoms with E-state index in [-0.39, 0.29) is 11.8 Å². The van der Waals surface area contributed by atoms with E-state index >= 15 is 0 Å².